The van der Waals surface area contributed by atoms with Gasteiger partial charge in [-0.2, -0.15) is 8.78 Å². The van der Waals surface area contributed by atoms with Crippen molar-refractivity contribution in [2.45, 2.75) is 6.61 Å². The Balaban J connectivity index is 1.67. The van der Waals surface area contributed by atoms with Crippen LogP contribution in [0.15, 0.2) is 36.4 Å². The first-order valence-electron chi connectivity index (χ1n) is 8.54. The minimum atomic E-state index is -3.26. The Hall–Kier alpha value is -3.17. The molecular weight excluding hydrogens is 399 g/mol. The summed E-state index contributed by atoms with van der Waals surface area (Å²) >= 11 is 0. The van der Waals surface area contributed by atoms with E-state index < -0.39 is 41.3 Å². The molecule has 5 nitrogen and oxygen atoms in total. The molecule has 0 bridgehead atoms. The van der Waals surface area contributed by atoms with Gasteiger partial charge in [0.1, 0.15) is 28.8 Å². The fraction of sp³-hybridized carbons (Fsp3) is 0.263. The minimum Gasteiger partial charge on any atom is -0.435 e. The lowest BCUT2D eigenvalue weighted by Gasteiger charge is -2.35. The number of alkyl halides is 2. The fourth-order valence-corrected chi connectivity index (χ4v) is 2.97. The Morgan fingerprint density at radius 3 is 1.79 bits per heavy atom. The third-order valence-corrected chi connectivity index (χ3v) is 4.40. The lowest BCUT2D eigenvalue weighted by atomic mass is 10.1. The Labute approximate surface area is 162 Å². The van der Waals surface area contributed by atoms with E-state index in [2.05, 4.69) is 4.74 Å². The van der Waals surface area contributed by atoms with Crippen LogP contribution >= 0.6 is 0 Å². The second kappa shape index (κ2) is 8.46. The highest BCUT2D eigenvalue weighted by atomic mass is 19.3. The lowest BCUT2D eigenvalue weighted by molar-refractivity contribution is -0.0501. The number of rotatable bonds is 4. The van der Waals surface area contributed by atoms with E-state index in [4.69, 9.17) is 0 Å². The molecule has 0 radical (unpaired) electrons. The van der Waals surface area contributed by atoms with E-state index in [0.717, 1.165) is 17.0 Å². The summed E-state index contributed by atoms with van der Waals surface area (Å²) in [5, 5.41) is 0. The van der Waals surface area contributed by atoms with Gasteiger partial charge < -0.3 is 14.5 Å². The first-order chi connectivity index (χ1) is 13.8. The predicted molar refractivity (Wildman–Crippen MR) is 91.2 cm³/mol. The summed E-state index contributed by atoms with van der Waals surface area (Å²) in [5.41, 5.74) is -0.609. The number of amides is 2. The van der Waals surface area contributed by atoms with Crippen LogP contribution in [0, 0.1) is 17.5 Å². The van der Waals surface area contributed by atoms with Crippen LogP contribution in [0.1, 0.15) is 20.7 Å². The van der Waals surface area contributed by atoms with Crippen molar-refractivity contribution in [2.75, 3.05) is 26.2 Å². The summed E-state index contributed by atoms with van der Waals surface area (Å²) in [7, 11) is 0. The van der Waals surface area contributed by atoms with Gasteiger partial charge in [0, 0.05) is 43.9 Å². The second-order valence-corrected chi connectivity index (χ2v) is 6.23. The summed E-state index contributed by atoms with van der Waals surface area (Å²) in [4.78, 5) is 27.5. The molecule has 1 saturated heterocycles. The molecule has 0 saturated carbocycles. The molecule has 1 fully saturated rings. The van der Waals surface area contributed by atoms with Crippen LogP contribution in [0.3, 0.4) is 0 Å². The van der Waals surface area contributed by atoms with Crippen molar-refractivity contribution in [3.8, 4) is 5.75 Å². The second-order valence-electron chi connectivity index (χ2n) is 6.23. The Morgan fingerprint density at radius 1 is 0.828 bits per heavy atom. The van der Waals surface area contributed by atoms with Crippen LogP contribution in [-0.4, -0.2) is 54.4 Å². The van der Waals surface area contributed by atoms with Crippen molar-refractivity contribution in [3.05, 3.63) is 65.0 Å². The monoisotopic (exact) mass is 414 g/mol. The molecule has 154 valence electrons. The SMILES string of the molecule is O=C(c1ccc(F)cc1)N1CCN(C(=O)c2c(F)cc(OC(F)F)cc2F)CC1. The van der Waals surface area contributed by atoms with Crippen molar-refractivity contribution in [1.29, 1.82) is 0 Å². The van der Waals surface area contributed by atoms with Crippen molar-refractivity contribution >= 4 is 11.8 Å². The Bertz CT molecular complexity index is 890. The van der Waals surface area contributed by atoms with Gasteiger partial charge in [-0.3, -0.25) is 9.59 Å². The number of carbonyl (C=O) groups is 2. The number of halogens is 5. The molecule has 1 aliphatic heterocycles. The van der Waals surface area contributed by atoms with Crippen LogP contribution in [-0.2, 0) is 0 Å². The van der Waals surface area contributed by atoms with Crippen LogP contribution in [0.2, 0.25) is 0 Å². The van der Waals surface area contributed by atoms with Crippen LogP contribution in [0.4, 0.5) is 22.0 Å². The molecule has 2 amide bonds. The first-order valence-corrected chi connectivity index (χ1v) is 8.54. The number of benzene rings is 2. The lowest BCUT2D eigenvalue weighted by Crippen LogP contribution is -2.50. The smallest absolute Gasteiger partial charge is 0.387 e. The standard InChI is InChI=1S/C19H15F5N2O3/c20-12-3-1-11(2-4-12)17(27)25-5-7-26(8-6-25)18(28)16-14(21)9-13(10-15(16)22)29-19(23)24/h1-4,9-10,19H,5-8H2. The number of piperazine rings is 1. The van der Waals surface area contributed by atoms with Crippen molar-refractivity contribution in [3.63, 3.8) is 0 Å². The van der Waals surface area contributed by atoms with E-state index in [-0.39, 0.29) is 37.6 Å². The molecule has 1 aliphatic rings. The van der Waals surface area contributed by atoms with Gasteiger partial charge in [-0.25, -0.2) is 13.2 Å². The summed E-state index contributed by atoms with van der Waals surface area (Å²) in [6, 6.07) is 6.00. The first kappa shape index (κ1) is 20.6. The molecule has 2 aromatic rings. The van der Waals surface area contributed by atoms with E-state index in [0.29, 0.717) is 12.1 Å². The average molecular weight is 414 g/mol. The zero-order chi connectivity index (χ0) is 21.1. The van der Waals surface area contributed by atoms with Gasteiger partial charge in [0.05, 0.1) is 0 Å². The maximum Gasteiger partial charge on any atom is 0.387 e. The van der Waals surface area contributed by atoms with E-state index in [1.807, 2.05) is 0 Å². The van der Waals surface area contributed by atoms with Gasteiger partial charge in [0.15, 0.2) is 0 Å². The molecule has 3 rings (SSSR count). The van der Waals surface area contributed by atoms with Gasteiger partial charge >= 0.3 is 6.61 Å². The molecule has 1 heterocycles. The maximum atomic E-state index is 14.1. The zero-order valence-corrected chi connectivity index (χ0v) is 14.9. The fourth-order valence-electron chi connectivity index (χ4n) is 2.97. The van der Waals surface area contributed by atoms with E-state index >= 15 is 0 Å². The van der Waals surface area contributed by atoms with Gasteiger partial charge in [0.2, 0.25) is 0 Å². The van der Waals surface area contributed by atoms with Gasteiger partial charge in [0.25, 0.3) is 11.8 Å². The molecule has 0 aliphatic carbocycles. The minimum absolute atomic E-state index is 0.0138. The quantitative estimate of drug-likeness (QED) is 0.722. The number of carbonyl (C=O) groups excluding carboxylic acids is 2. The van der Waals surface area contributed by atoms with E-state index in [9.17, 15) is 31.5 Å². The van der Waals surface area contributed by atoms with Crippen molar-refractivity contribution in [1.82, 2.24) is 9.80 Å². The molecule has 0 aromatic heterocycles. The van der Waals surface area contributed by atoms with E-state index in [1.54, 1.807) is 0 Å². The van der Waals surface area contributed by atoms with Crippen LogP contribution in [0.25, 0.3) is 0 Å². The zero-order valence-electron chi connectivity index (χ0n) is 14.9. The summed E-state index contributed by atoms with van der Waals surface area (Å²) < 4.78 is 69.5. The van der Waals surface area contributed by atoms with Crippen LogP contribution in [0.5, 0.6) is 5.75 Å². The topological polar surface area (TPSA) is 49.9 Å². The van der Waals surface area contributed by atoms with Crippen LogP contribution < -0.4 is 4.74 Å². The number of ether oxygens (including phenoxy) is 1. The predicted octanol–water partition coefficient (Wildman–Crippen LogP) is 3.30. The Kier molecular flexibility index (Phi) is 6.00. The van der Waals surface area contributed by atoms with Crippen molar-refractivity contribution < 1.29 is 36.3 Å². The summed E-state index contributed by atoms with van der Waals surface area (Å²) in [6.07, 6.45) is 0. The number of hydrogen-bond acceptors (Lipinski definition) is 3. The molecule has 0 spiro atoms. The molecule has 2 aromatic carbocycles. The number of nitrogens with zero attached hydrogens (tertiary/aromatic N) is 2. The largest absolute Gasteiger partial charge is 0.435 e. The molecular formula is C19H15F5N2O3. The maximum absolute atomic E-state index is 14.1. The third-order valence-electron chi connectivity index (χ3n) is 4.40. The third kappa shape index (κ3) is 4.64. The Morgan fingerprint density at radius 2 is 1.31 bits per heavy atom. The highest BCUT2D eigenvalue weighted by Crippen LogP contribution is 2.24. The van der Waals surface area contributed by atoms with Gasteiger partial charge in [-0.1, -0.05) is 0 Å². The molecule has 29 heavy (non-hydrogen) atoms. The molecule has 0 N–H and O–H groups in total. The summed E-state index contributed by atoms with van der Waals surface area (Å²) in [6.45, 7) is -3.02. The summed E-state index contributed by atoms with van der Waals surface area (Å²) in [5.74, 6) is -5.18. The highest BCUT2D eigenvalue weighted by molar-refractivity contribution is 5.96. The molecule has 0 unspecified atom stereocenters. The average Bonchev–Trinajstić information content (AvgIpc) is 2.67. The van der Waals surface area contributed by atoms with Gasteiger partial charge in [-0.05, 0) is 24.3 Å². The highest BCUT2D eigenvalue weighted by Gasteiger charge is 2.29. The molecule has 0 atom stereocenters. The van der Waals surface area contributed by atoms with Gasteiger partial charge in [-0.15, -0.1) is 0 Å². The normalized spacial score (nSPS) is 14.3. The van der Waals surface area contributed by atoms with E-state index in [1.165, 1.54) is 17.0 Å². The molecule has 10 heteroatoms. The number of hydrogen-bond donors (Lipinski definition) is 0. The van der Waals surface area contributed by atoms with Crippen molar-refractivity contribution in [2.24, 2.45) is 0 Å².